The lowest BCUT2D eigenvalue weighted by molar-refractivity contribution is -0.126. The van der Waals surface area contributed by atoms with Gasteiger partial charge in [-0.3, -0.25) is 4.79 Å². The third-order valence-corrected chi connectivity index (χ3v) is 6.48. The van der Waals surface area contributed by atoms with Crippen LogP contribution in [0.1, 0.15) is 43.4 Å². The number of carbonyl (C=O) groups is 1. The molecule has 22 heavy (non-hydrogen) atoms. The molecular formula is C17H25ClN2OS. The number of nitrogens with one attached hydrogen (secondary N) is 2. The zero-order valence-electron chi connectivity index (χ0n) is 12.8. The fourth-order valence-electron chi connectivity index (χ4n) is 5.32. The largest absolute Gasteiger partial charge is 0.350 e. The highest BCUT2D eigenvalue weighted by Crippen LogP contribution is 2.55. The Morgan fingerprint density at radius 1 is 1.18 bits per heavy atom. The molecule has 0 aromatic carbocycles. The highest BCUT2D eigenvalue weighted by Gasteiger charge is 2.51. The summed E-state index contributed by atoms with van der Waals surface area (Å²) in [4.78, 5) is 13.6. The molecule has 1 aromatic rings. The van der Waals surface area contributed by atoms with Crippen LogP contribution in [0.15, 0.2) is 17.5 Å². The van der Waals surface area contributed by atoms with E-state index in [9.17, 15) is 4.79 Å². The summed E-state index contributed by atoms with van der Waals surface area (Å²) in [6.07, 6.45) is 7.96. The fourth-order valence-corrected chi connectivity index (χ4v) is 5.99. The average Bonchev–Trinajstić information content (AvgIpc) is 2.89. The number of amides is 1. The van der Waals surface area contributed by atoms with E-state index in [1.54, 1.807) is 11.3 Å². The van der Waals surface area contributed by atoms with Crippen molar-refractivity contribution in [1.82, 2.24) is 10.6 Å². The van der Waals surface area contributed by atoms with Crippen molar-refractivity contribution in [3.63, 3.8) is 0 Å². The molecule has 4 saturated carbocycles. The number of thiophene rings is 1. The molecule has 2 N–H and O–H groups in total. The minimum absolute atomic E-state index is 0. The van der Waals surface area contributed by atoms with E-state index in [4.69, 9.17) is 0 Å². The van der Waals surface area contributed by atoms with Gasteiger partial charge in [0.2, 0.25) is 5.91 Å². The van der Waals surface area contributed by atoms with Gasteiger partial charge in [-0.25, -0.2) is 0 Å². The SMILES string of the molecule is Cl.O=C(CNCc1cccs1)NC12CC3CC(CC(C3)C1)C2. The molecular weight excluding hydrogens is 316 g/mol. The van der Waals surface area contributed by atoms with Crippen molar-refractivity contribution in [1.29, 1.82) is 0 Å². The monoisotopic (exact) mass is 340 g/mol. The van der Waals surface area contributed by atoms with Gasteiger partial charge in [-0.1, -0.05) is 6.07 Å². The van der Waals surface area contributed by atoms with Gasteiger partial charge < -0.3 is 10.6 Å². The molecule has 0 radical (unpaired) electrons. The predicted molar refractivity (Wildman–Crippen MR) is 92.3 cm³/mol. The van der Waals surface area contributed by atoms with Crippen LogP contribution in [-0.2, 0) is 11.3 Å². The first kappa shape index (κ1) is 16.3. The molecule has 4 bridgehead atoms. The maximum atomic E-state index is 12.3. The second kappa shape index (κ2) is 6.50. The Balaban J connectivity index is 0.00000144. The quantitative estimate of drug-likeness (QED) is 0.863. The highest BCUT2D eigenvalue weighted by atomic mass is 35.5. The van der Waals surface area contributed by atoms with Crippen LogP contribution in [0.2, 0.25) is 0 Å². The summed E-state index contributed by atoms with van der Waals surface area (Å²) >= 11 is 1.74. The van der Waals surface area contributed by atoms with Crippen molar-refractivity contribution in [2.75, 3.05) is 6.54 Å². The summed E-state index contributed by atoms with van der Waals surface area (Å²) in [5.41, 5.74) is 0.149. The molecule has 122 valence electrons. The summed E-state index contributed by atoms with van der Waals surface area (Å²) < 4.78 is 0. The molecule has 5 rings (SSSR count). The lowest BCUT2D eigenvalue weighted by Crippen LogP contribution is -2.60. The second-order valence-electron chi connectivity index (χ2n) is 7.43. The van der Waals surface area contributed by atoms with Crippen molar-refractivity contribution in [3.05, 3.63) is 22.4 Å². The number of hydrogen-bond acceptors (Lipinski definition) is 3. The van der Waals surface area contributed by atoms with E-state index in [0.717, 1.165) is 24.3 Å². The number of hydrogen-bond donors (Lipinski definition) is 2. The molecule has 0 saturated heterocycles. The summed E-state index contributed by atoms with van der Waals surface area (Å²) in [5, 5.41) is 8.75. The van der Waals surface area contributed by atoms with Crippen molar-refractivity contribution >= 4 is 29.7 Å². The van der Waals surface area contributed by atoms with Gasteiger partial charge in [-0.15, -0.1) is 23.7 Å². The zero-order chi connectivity index (χ0) is 14.3. The Kier molecular flexibility index (Phi) is 4.81. The average molecular weight is 341 g/mol. The van der Waals surface area contributed by atoms with Gasteiger partial charge in [0, 0.05) is 17.0 Å². The first-order valence-corrected chi connectivity index (χ1v) is 9.13. The van der Waals surface area contributed by atoms with Crippen LogP contribution >= 0.6 is 23.7 Å². The van der Waals surface area contributed by atoms with Crippen LogP contribution in [-0.4, -0.2) is 18.0 Å². The molecule has 4 fully saturated rings. The van der Waals surface area contributed by atoms with Gasteiger partial charge in [-0.05, 0) is 67.7 Å². The smallest absolute Gasteiger partial charge is 0.234 e. The Morgan fingerprint density at radius 2 is 1.82 bits per heavy atom. The molecule has 0 atom stereocenters. The predicted octanol–water partition coefficient (Wildman–Crippen LogP) is 3.34. The van der Waals surface area contributed by atoms with Crippen LogP contribution in [0, 0.1) is 17.8 Å². The molecule has 1 heterocycles. The van der Waals surface area contributed by atoms with E-state index in [1.165, 1.54) is 43.4 Å². The number of carbonyl (C=O) groups excluding carboxylic acids is 1. The third-order valence-electron chi connectivity index (χ3n) is 5.61. The minimum atomic E-state index is 0. The number of rotatable bonds is 5. The van der Waals surface area contributed by atoms with Gasteiger partial charge in [0.25, 0.3) is 0 Å². The van der Waals surface area contributed by atoms with Crippen molar-refractivity contribution < 1.29 is 4.79 Å². The maximum Gasteiger partial charge on any atom is 0.234 e. The van der Waals surface area contributed by atoms with E-state index < -0.39 is 0 Å². The van der Waals surface area contributed by atoms with Crippen molar-refractivity contribution in [2.24, 2.45) is 17.8 Å². The summed E-state index contributed by atoms with van der Waals surface area (Å²) in [5.74, 6) is 2.84. The Hall–Kier alpha value is -0.580. The van der Waals surface area contributed by atoms with Gasteiger partial charge in [0.15, 0.2) is 0 Å². The maximum absolute atomic E-state index is 12.3. The van der Waals surface area contributed by atoms with Crippen LogP contribution in [0.4, 0.5) is 0 Å². The molecule has 1 aromatic heterocycles. The topological polar surface area (TPSA) is 41.1 Å². The summed E-state index contributed by atoms with van der Waals surface area (Å²) in [6.45, 7) is 1.24. The zero-order valence-corrected chi connectivity index (χ0v) is 14.5. The van der Waals surface area contributed by atoms with Crippen molar-refractivity contribution in [2.45, 2.75) is 50.6 Å². The van der Waals surface area contributed by atoms with Crippen LogP contribution in [0.25, 0.3) is 0 Å². The van der Waals surface area contributed by atoms with E-state index in [1.807, 2.05) is 0 Å². The second-order valence-corrected chi connectivity index (χ2v) is 8.46. The summed E-state index contributed by atoms with van der Waals surface area (Å²) in [6, 6.07) is 4.16. The molecule has 4 aliphatic carbocycles. The van der Waals surface area contributed by atoms with Crippen LogP contribution in [0.3, 0.4) is 0 Å². The van der Waals surface area contributed by atoms with Crippen molar-refractivity contribution in [3.8, 4) is 0 Å². The highest BCUT2D eigenvalue weighted by molar-refractivity contribution is 7.09. The lowest BCUT2D eigenvalue weighted by Gasteiger charge is -2.56. The molecule has 0 aliphatic heterocycles. The summed E-state index contributed by atoms with van der Waals surface area (Å²) in [7, 11) is 0. The Labute approximate surface area is 142 Å². The normalized spacial score (nSPS) is 35.2. The molecule has 1 amide bonds. The van der Waals surface area contributed by atoms with Crippen LogP contribution in [0.5, 0.6) is 0 Å². The lowest BCUT2D eigenvalue weighted by atomic mass is 9.53. The number of halogens is 1. The van der Waals surface area contributed by atoms with Gasteiger partial charge in [0.05, 0.1) is 6.54 Å². The molecule has 4 aliphatic rings. The van der Waals surface area contributed by atoms with Crippen LogP contribution < -0.4 is 10.6 Å². The minimum Gasteiger partial charge on any atom is -0.350 e. The van der Waals surface area contributed by atoms with Gasteiger partial charge in [-0.2, -0.15) is 0 Å². The molecule has 0 unspecified atom stereocenters. The first-order chi connectivity index (χ1) is 10.2. The standard InChI is InChI=1S/C17H24N2OS.ClH/c20-16(11-18-10-15-2-1-3-21-15)19-17-7-12-4-13(8-17)6-14(5-12)9-17;/h1-3,12-14,18H,4-11H2,(H,19,20);1H. The fraction of sp³-hybridized carbons (Fsp3) is 0.706. The first-order valence-electron chi connectivity index (χ1n) is 8.25. The van der Waals surface area contributed by atoms with E-state index >= 15 is 0 Å². The van der Waals surface area contributed by atoms with E-state index in [2.05, 4.69) is 28.1 Å². The molecule has 0 spiro atoms. The van der Waals surface area contributed by atoms with E-state index in [-0.39, 0.29) is 23.9 Å². The third kappa shape index (κ3) is 3.34. The Bertz CT molecular complexity index is 481. The van der Waals surface area contributed by atoms with E-state index in [0.29, 0.717) is 6.54 Å². The van der Waals surface area contributed by atoms with Gasteiger partial charge in [0.1, 0.15) is 0 Å². The molecule has 5 heteroatoms. The van der Waals surface area contributed by atoms with Gasteiger partial charge >= 0.3 is 0 Å². The Morgan fingerprint density at radius 3 is 2.36 bits per heavy atom. The molecule has 3 nitrogen and oxygen atoms in total.